The lowest BCUT2D eigenvalue weighted by molar-refractivity contribution is -0.132. The third kappa shape index (κ3) is 3.84. The monoisotopic (exact) mass is 453 g/mol. The van der Waals surface area contributed by atoms with E-state index in [1.807, 2.05) is 49.6 Å². The molecule has 1 aromatic heterocycles. The smallest absolute Gasteiger partial charge is 0.300 e. The molecule has 0 aliphatic carbocycles. The van der Waals surface area contributed by atoms with Gasteiger partial charge in [-0.1, -0.05) is 29.8 Å². The van der Waals surface area contributed by atoms with E-state index in [1.165, 1.54) is 16.2 Å². The summed E-state index contributed by atoms with van der Waals surface area (Å²) in [6.45, 7) is 4.20. The van der Waals surface area contributed by atoms with Crippen molar-refractivity contribution in [1.82, 2.24) is 0 Å². The van der Waals surface area contributed by atoms with Crippen molar-refractivity contribution in [3.05, 3.63) is 86.6 Å². The van der Waals surface area contributed by atoms with Crippen LogP contribution in [0.4, 0.5) is 5.69 Å². The number of aryl methyl sites for hydroxylation is 1. The maximum absolute atomic E-state index is 13.1. The van der Waals surface area contributed by atoms with Gasteiger partial charge in [0.15, 0.2) is 0 Å². The first-order valence-electron chi connectivity index (χ1n) is 9.76. The van der Waals surface area contributed by atoms with Gasteiger partial charge in [0.05, 0.1) is 17.2 Å². The molecule has 1 aliphatic rings. The molecule has 1 aliphatic heterocycles. The number of Topliss-reactive ketones (excluding diaryl/α,β-unsaturated/α-hetero) is 1. The van der Waals surface area contributed by atoms with Crippen LogP contribution in [0.3, 0.4) is 0 Å². The van der Waals surface area contributed by atoms with Gasteiger partial charge in [0.1, 0.15) is 17.6 Å². The van der Waals surface area contributed by atoms with E-state index in [4.69, 9.17) is 16.3 Å². The average Bonchev–Trinajstić information content (AvgIpc) is 3.36. The summed E-state index contributed by atoms with van der Waals surface area (Å²) in [5, 5.41) is 13.3. The van der Waals surface area contributed by atoms with E-state index in [0.29, 0.717) is 18.0 Å². The summed E-state index contributed by atoms with van der Waals surface area (Å²) in [6.07, 6.45) is 0. The number of aliphatic hydroxyl groups is 1. The zero-order valence-corrected chi connectivity index (χ0v) is 18.5. The molecule has 31 heavy (non-hydrogen) atoms. The molecule has 5 nitrogen and oxygen atoms in total. The number of benzene rings is 2. The van der Waals surface area contributed by atoms with Gasteiger partial charge in [0, 0.05) is 16.1 Å². The van der Waals surface area contributed by atoms with E-state index in [0.717, 1.165) is 10.4 Å². The number of amides is 1. The fourth-order valence-electron chi connectivity index (χ4n) is 3.68. The van der Waals surface area contributed by atoms with Crippen molar-refractivity contribution in [3.63, 3.8) is 0 Å². The summed E-state index contributed by atoms with van der Waals surface area (Å²) >= 11 is 7.75. The van der Waals surface area contributed by atoms with Crippen molar-refractivity contribution < 1.29 is 19.4 Å². The predicted octanol–water partition coefficient (Wildman–Crippen LogP) is 5.73. The summed E-state index contributed by atoms with van der Waals surface area (Å²) in [6, 6.07) is 15.2. The number of carbonyl (C=O) groups is 2. The van der Waals surface area contributed by atoms with Gasteiger partial charge in [0.2, 0.25) is 0 Å². The van der Waals surface area contributed by atoms with E-state index in [1.54, 1.807) is 24.3 Å². The highest BCUT2D eigenvalue weighted by Crippen LogP contribution is 2.44. The Morgan fingerprint density at radius 1 is 1.16 bits per heavy atom. The van der Waals surface area contributed by atoms with Crippen LogP contribution in [0.2, 0.25) is 5.02 Å². The predicted molar refractivity (Wildman–Crippen MR) is 123 cm³/mol. The molecule has 4 rings (SSSR count). The number of ketones is 1. The largest absolute Gasteiger partial charge is 0.507 e. The lowest BCUT2D eigenvalue weighted by Gasteiger charge is -2.24. The van der Waals surface area contributed by atoms with Crippen molar-refractivity contribution in [3.8, 4) is 5.75 Å². The summed E-state index contributed by atoms with van der Waals surface area (Å²) in [7, 11) is 0. The highest BCUT2D eigenvalue weighted by atomic mass is 35.5. The van der Waals surface area contributed by atoms with Gasteiger partial charge in [0.25, 0.3) is 11.7 Å². The summed E-state index contributed by atoms with van der Waals surface area (Å²) in [4.78, 5) is 28.4. The third-order valence-electron chi connectivity index (χ3n) is 5.04. The van der Waals surface area contributed by atoms with Crippen LogP contribution in [0.1, 0.15) is 29.0 Å². The van der Waals surface area contributed by atoms with Gasteiger partial charge in [-0.25, -0.2) is 0 Å². The molecule has 1 unspecified atom stereocenters. The van der Waals surface area contributed by atoms with Gasteiger partial charge in [-0.15, -0.1) is 11.3 Å². The molecule has 0 spiro atoms. The van der Waals surface area contributed by atoms with Gasteiger partial charge in [-0.3, -0.25) is 14.5 Å². The minimum Gasteiger partial charge on any atom is -0.507 e. The fraction of sp³-hybridized carbons (Fsp3) is 0.167. The van der Waals surface area contributed by atoms with Crippen molar-refractivity contribution in [2.24, 2.45) is 0 Å². The number of thiophene rings is 1. The average molecular weight is 454 g/mol. The van der Waals surface area contributed by atoms with E-state index in [-0.39, 0.29) is 21.9 Å². The number of carbonyl (C=O) groups excluding carboxylic acids is 2. The number of halogens is 1. The Balaban J connectivity index is 1.93. The Morgan fingerprint density at radius 3 is 2.65 bits per heavy atom. The second kappa shape index (κ2) is 8.57. The van der Waals surface area contributed by atoms with Crippen molar-refractivity contribution >= 4 is 46.1 Å². The van der Waals surface area contributed by atoms with Crippen LogP contribution in [0.5, 0.6) is 5.75 Å². The number of nitrogens with zero attached hydrogens (tertiary/aromatic N) is 1. The van der Waals surface area contributed by atoms with E-state index in [2.05, 4.69) is 0 Å². The maximum Gasteiger partial charge on any atom is 0.300 e. The lowest BCUT2D eigenvalue weighted by atomic mass is 9.99. The number of hydrogen-bond donors (Lipinski definition) is 1. The molecule has 1 fully saturated rings. The SMILES string of the molecule is CCOc1ccc(Cl)c(/C(O)=C2/C(=O)C(=O)N(c3cccc(C)c3)C2c2cccs2)c1. The first-order valence-corrected chi connectivity index (χ1v) is 11.0. The second-order valence-corrected chi connectivity index (χ2v) is 8.48. The minimum atomic E-state index is -0.756. The minimum absolute atomic E-state index is 0.00417. The quantitative estimate of drug-likeness (QED) is 0.304. The van der Waals surface area contributed by atoms with E-state index >= 15 is 0 Å². The van der Waals surface area contributed by atoms with Gasteiger partial charge < -0.3 is 9.84 Å². The Morgan fingerprint density at radius 2 is 1.97 bits per heavy atom. The molecule has 0 radical (unpaired) electrons. The molecule has 0 saturated carbocycles. The maximum atomic E-state index is 13.1. The van der Waals surface area contributed by atoms with E-state index in [9.17, 15) is 14.7 Å². The van der Waals surface area contributed by atoms with E-state index < -0.39 is 17.7 Å². The standard InChI is InChI=1S/C24H20ClNO4S/c1-3-30-16-9-10-18(25)17(13-16)22(27)20-21(19-8-5-11-31-19)26(24(29)23(20)28)15-7-4-6-14(2)12-15/h4-13,21,27H,3H2,1-2H3/b22-20-. The number of hydrogen-bond acceptors (Lipinski definition) is 5. The molecule has 7 heteroatoms. The fourth-order valence-corrected chi connectivity index (χ4v) is 4.71. The Kier molecular flexibility index (Phi) is 5.85. The lowest BCUT2D eigenvalue weighted by Crippen LogP contribution is -2.29. The summed E-state index contributed by atoms with van der Waals surface area (Å²) in [5.41, 5.74) is 1.80. The first kappa shape index (κ1) is 21.2. The molecule has 1 amide bonds. The molecule has 2 heterocycles. The van der Waals surface area contributed by atoms with Crippen molar-refractivity contribution in [2.75, 3.05) is 11.5 Å². The van der Waals surface area contributed by atoms with Crippen LogP contribution in [0.15, 0.2) is 65.6 Å². The van der Waals surface area contributed by atoms with Crippen LogP contribution in [-0.2, 0) is 9.59 Å². The number of ether oxygens (including phenoxy) is 1. The first-order chi connectivity index (χ1) is 14.9. The Hall–Kier alpha value is -3.09. The number of rotatable bonds is 5. The van der Waals surface area contributed by atoms with Crippen LogP contribution in [0, 0.1) is 6.92 Å². The van der Waals surface area contributed by atoms with Crippen LogP contribution in [0.25, 0.3) is 5.76 Å². The summed E-state index contributed by atoms with van der Waals surface area (Å²) < 4.78 is 5.51. The van der Waals surface area contributed by atoms with Crippen LogP contribution in [-0.4, -0.2) is 23.4 Å². The highest BCUT2D eigenvalue weighted by molar-refractivity contribution is 7.10. The molecule has 158 valence electrons. The zero-order valence-electron chi connectivity index (χ0n) is 17.0. The molecule has 1 atom stereocenters. The van der Waals surface area contributed by atoms with Crippen LogP contribution < -0.4 is 9.64 Å². The van der Waals surface area contributed by atoms with Crippen molar-refractivity contribution in [1.29, 1.82) is 0 Å². The zero-order chi connectivity index (χ0) is 22.1. The third-order valence-corrected chi connectivity index (χ3v) is 6.30. The molecular formula is C24H20ClNO4S. The molecule has 1 saturated heterocycles. The highest BCUT2D eigenvalue weighted by Gasteiger charge is 2.47. The molecule has 2 aromatic carbocycles. The van der Waals surface area contributed by atoms with Crippen molar-refractivity contribution in [2.45, 2.75) is 19.9 Å². The number of anilines is 1. The molecule has 0 bridgehead atoms. The second-order valence-electron chi connectivity index (χ2n) is 7.10. The van der Waals surface area contributed by atoms with Gasteiger partial charge in [-0.2, -0.15) is 0 Å². The van der Waals surface area contributed by atoms with Gasteiger partial charge >= 0.3 is 0 Å². The Labute approximate surface area is 189 Å². The molecule has 1 N–H and O–H groups in total. The number of aliphatic hydroxyl groups excluding tert-OH is 1. The summed E-state index contributed by atoms with van der Waals surface area (Å²) in [5.74, 6) is -1.26. The topological polar surface area (TPSA) is 66.8 Å². The molecule has 3 aromatic rings. The normalized spacial score (nSPS) is 17.9. The molecular weight excluding hydrogens is 434 g/mol. The Bertz CT molecular complexity index is 1190. The van der Waals surface area contributed by atoms with Crippen LogP contribution >= 0.6 is 22.9 Å². The van der Waals surface area contributed by atoms with Gasteiger partial charge in [-0.05, 0) is 61.2 Å².